The molecule has 1 unspecified atom stereocenters. The zero-order valence-electron chi connectivity index (χ0n) is 12.7. The normalized spacial score (nSPS) is 25.7. The third kappa shape index (κ3) is 3.58. The first-order valence-corrected chi connectivity index (χ1v) is 7.95. The second-order valence-electron chi connectivity index (χ2n) is 5.93. The Kier molecular flexibility index (Phi) is 5.54. The molecule has 5 heteroatoms. The third-order valence-corrected chi connectivity index (χ3v) is 4.50. The molecule has 1 N–H and O–H groups in total. The lowest BCUT2D eigenvalue weighted by Crippen LogP contribution is -2.43. The molecule has 2 aliphatic rings. The summed E-state index contributed by atoms with van der Waals surface area (Å²) in [4.78, 5) is 27.8. The fourth-order valence-corrected chi connectivity index (χ4v) is 3.12. The lowest BCUT2D eigenvalue weighted by molar-refractivity contribution is -0.138. The number of hydrogen-bond acceptors (Lipinski definition) is 4. The maximum absolute atomic E-state index is 12.1. The van der Waals surface area contributed by atoms with Crippen molar-refractivity contribution in [3.8, 4) is 0 Å². The van der Waals surface area contributed by atoms with E-state index in [-0.39, 0.29) is 17.9 Å². The zero-order chi connectivity index (χ0) is 14.5. The molecule has 0 aromatic heterocycles. The highest BCUT2D eigenvalue weighted by atomic mass is 16.2. The lowest BCUT2D eigenvalue weighted by Gasteiger charge is -2.31. The Hall–Kier alpha value is -0.940. The van der Waals surface area contributed by atoms with Crippen LogP contribution in [0.3, 0.4) is 0 Å². The van der Waals surface area contributed by atoms with Gasteiger partial charge in [-0.1, -0.05) is 13.8 Å². The van der Waals surface area contributed by atoms with Crippen molar-refractivity contribution < 1.29 is 9.59 Å². The van der Waals surface area contributed by atoms with Gasteiger partial charge in [0.05, 0.1) is 12.5 Å². The second kappa shape index (κ2) is 7.18. The minimum Gasteiger partial charge on any atom is -0.305 e. The van der Waals surface area contributed by atoms with Gasteiger partial charge in [-0.25, -0.2) is 0 Å². The molecule has 0 radical (unpaired) electrons. The third-order valence-electron chi connectivity index (χ3n) is 4.50. The van der Waals surface area contributed by atoms with Crippen molar-refractivity contribution in [3.63, 3.8) is 0 Å². The van der Waals surface area contributed by atoms with Crippen LogP contribution >= 0.6 is 0 Å². The minimum atomic E-state index is -0.279. The average Bonchev–Trinajstić information content (AvgIpc) is 2.73. The Balaban J connectivity index is 1.75. The number of amides is 2. The van der Waals surface area contributed by atoms with Crippen molar-refractivity contribution >= 4 is 11.8 Å². The summed E-state index contributed by atoms with van der Waals surface area (Å²) in [5.41, 5.74) is 0. The summed E-state index contributed by atoms with van der Waals surface area (Å²) in [7, 11) is 0. The van der Waals surface area contributed by atoms with E-state index in [2.05, 4.69) is 17.1 Å². The van der Waals surface area contributed by atoms with Gasteiger partial charge in [0.15, 0.2) is 0 Å². The van der Waals surface area contributed by atoms with E-state index in [1.165, 1.54) is 17.7 Å². The van der Waals surface area contributed by atoms with E-state index < -0.39 is 0 Å². The average molecular weight is 281 g/mol. The van der Waals surface area contributed by atoms with Crippen LogP contribution in [0.2, 0.25) is 0 Å². The summed E-state index contributed by atoms with van der Waals surface area (Å²) in [5.74, 6) is 0.596. The van der Waals surface area contributed by atoms with Gasteiger partial charge >= 0.3 is 0 Å². The first-order chi connectivity index (χ1) is 9.65. The van der Waals surface area contributed by atoms with Crippen LogP contribution < -0.4 is 5.32 Å². The maximum atomic E-state index is 12.1. The standard InChI is InChI=1S/C15H27N3O2/c1-3-7-18-14(19)10-13(15(18)20)16-11-12-5-8-17(4-2)9-6-12/h12-13,16H,3-11H2,1-2H3. The number of hydrogen-bond donors (Lipinski definition) is 1. The number of nitrogens with zero attached hydrogens (tertiary/aromatic N) is 2. The molecule has 2 fully saturated rings. The molecule has 20 heavy (non-hydrogen) atoms. The highest BCUT2D eigenvalue weighted by molar-refractivity contribution is 6.05. The van der Waals surface area contributed by atoms with Crippen LogP contribution in [-0.4, -0.2) is 60.4 Å². The quantitative estimate of drug-likeness (QED) is 0.733. The molecule has 0 aliphatic carbocycles. The summed E-state index contributed by atoms with van der Waals surface area (Å²) in [6.07, 6.45) is 3.55. The predicted octanol–water partition coefficient (Wildman–Crippen LogP) is 0.845. The Morgan fingerprint density at radius 3 is 2.50 bits per heavy atom. The monoisotopic (exact) mass is 281 g/mol. The van der Waals surface area contributed by atoms with Gasteiger partial charge < -0.3 is 10.2 Å². The predicted molar refractivity (Wildman–Crippen MR) is 78.3 cm³/mol. The molecule has 0 saturated carbocycles. The molecule has 2 saturated heterocycles. The lowest BCUT2D eigenvalue weighted by atomic mass is 9.96. The molecule has 114 valence electrons. The topological polar surface area (TPSA) is 52.7 Å². The van der Waals surface area contributed by atoms with Crippen molar-refractivity contribution in [2.45, 2.75) is 45.6 Å². The first kappa shape index (κ1) is 15.4. The highest BCUT2D eigenvalue weighted by Crippen LogP contribution is 2.18. The first-order valence-electron chi connectivity index (χ1n) is 7.95. The molecule has 2 amide bonds. The fraction of sp³-hybridized carbons (Fsp3) is 0.867. The highest BCUT2D eigenvalue weighted by Gasteiger charge is 2.37. The minimum absolute atomic E-state index is 0.0184. The number of rotatable bonds is 6. The van der Waals surface area contributed by atoms with E-state index >= 15 is 0 Å². The van der Waals surface area contributed by atoms with Crippen LogP contribution in [0.5, 0.6) is 0 Å². The number of likely N-dealkylation sites (tertiary alicyclic amines) is 2. The van der Waals surface area contributed by atoms with Gasteiger partial charge in [0.25, 0.3) is 0 Å². The Morgan fingerprint density at radius 2 is 1.90 bits per heavy atom. The van der Waals surface area contributed by atoms with Crippen LogP contribution in [0, 0.1) is 5.92 Å². The van der Waals surface area contributed by atoms with Crippen LogP contribution in [0.1, 0.15) is 39.5 Å². The van der Waals surface area contributed by atoms with Crippen molar-refractivity contribution in [1.82, 2.24) is 15.1 Å². The molecule has 5 nitrogen and oxygen atoms in total. The molecule has 0 aromatic carbocycles. The molecule has 1 atom stereocenters. The van der Waals surface area contributed by atoms with E-state index in [0.717, 1.165) is 32.6 Å². The van der Waals surface area contributed by atoms with Gasteiger partial charge in [-0.05, 0) is 51.4 Å². The van der Waals surface area contributed by atoms with Crippen molar-refractivity contribution in [1.29, 1.82) is 0 Å². The number of carbonyl (C=O) groups excluding carboxylic acids is 2. The zero-order valence-corrected chi connectivity index (χ0v) is 12.7. The van der Waals surface area contributed by atoms with E-state index in [1.54, 1.807) is 0 Å². The molecule has 2 heterocycles. The van der Waals surface area contributed by atoms with Gasteiger partial charge in [-0.3, -0.25) is 14.5 Å². The van der Waals surface area contributed by atoms with Gasteiger partial charge in [-0.2, -0.15) is 0 Å². The van der Waals surface area contributed by atoms with E-state index in [9.17, 15) is 9.59 Å². The Labute approximate surface area is 121 Å². The van der Waals surface area contributed by atoms with Gasteiger partial charge in [0, 0.05) is 6.54 Å². The van der Waals surface area contributed by atoms with Crippen LogP contribution in [0.25, 0.3) is 0 Å². The van der Waals surface area contributed by atoms with Gasteiger partial charge in [-0.15, -0.1) is 0 Å². The number of piperidine rings is 1. The summed E-state index contributed by atoms with van der Waals surface area (Å²) >= 11 is 0. The molecule has 2 rings (SSSR count). The van der Waals surface area contributed by atoms with E-state index in [0.29, 0.717) is 18.9 Å². The van der Waals surface area contributed by atoms with Gasteiger partial charge in [0.1, 0.15) is 0 Å². The number of carbonyl (C=O) groups is 2. The van der Waals surface area contributed by atoms with E-state index in [4.69, 9.17) is 0 Å². The van der Waals surface area contributed by atoms with Crippen LogP contribution in [0.4, 0.5) is 0 Å². The van der Waals surface area contributed by atoms with Crippen molar-refractivity contribution in [2.75, 3.05) is 32.7 Å². The van der Waals surface area contributed by atoms with Crippen LogP contribution in [-0.2, 0) is 9.59 Å². The largest absolute Gasteiger partial charge is 0.305 e. The summed E-state index contributed by atoms with van der Waals surface area (Å²) in [6.45, 7) is 9.05. The SMILES string of the molecule is CCCN1C(=O)CC(NCC2CCN(CC)CC2)C1=O. The summed E-state index contributed by atoms with van der Waals surface area (Å²) in [5, 5.41) is 3.32. The summed E-state index contributed by atoms with van der Waals surface area (Å²) in [6, 6.07) is -0.279. The summed E-state index contributed by atoms with van der Waals surface area (Å²) < 4.78 is 0. The molecular weight excluding hydrogens is 254 g/mol. The molecule has 0 aromatic rings. The van der Waals surface area contributed by atoms with E-state index in [1.807, 2.05) is 6.92 Å². The number of imide groups is 1. The smallest absolute Gasteiger partial charge is 0.246 e. The second-order valence-corrected chi connectivity index (χ2v) is 5.93. The van der Waals surface area contributed by atoms with Crippen LogP contribution in [0.15, 0.2) is 0 Å². The molecular formula is C15H27N3O2. The number of nitrogens with one attached hydrogen (secondary N) is 1. The molecule has 0 bridgehead atoms. The van der Waals surface area contributed by atoms with Crippen molar-refractivity contribution in [3.05, 3.63) is 0 Å². The Bertz CT molecular complexity index is 351. The Morgan fingerprint density at radius 1 is 1.20 bits per heavy atom. The fourth-order valence-electron chi connectivity index (χ4n) is 3.12. The molecule has 0 spiro atoms. The molecule has 2 aliphatic heterocycles. The maximum Gasteiger partial charge on any atom is 0.246 e. The van der Waals surface area contributed by atoms with Gasteiger partial charge in [0.2, 0.25) is 11.8 Å². The van der Waals surface area contributed by atoms with Crippen molar-refractivity contribution in [2.24, 2.45) is 5.92 Å².